The van der Waals surface area contributed by atoms with Crippen molar-refractivity contribution in [3.8, 4) is 11.9 Å². The number of hydrogen-bond donors (Lipinski definition) is 4. The van der Waals surface area contributed by atoms with E-state index in [1.807, 2.05) is 24.3 Å². The number of rotatable bonds is 14. The first-order valence-electron chi connectivity index (χ1n) is 18.7. The van der Waals surface area contributed by atoms with Gasteiger partial charge >= 0.3 is 15.2 Å². The van der Waals surface area contributed by atoms with Gasteiger partial charge in [0.05, 0.1) is 51.5 Å². The third-order valence-corrected chi connectivity index (χ3v) is 12.1. The summed E-state index contributed by atoms with van der Waals surface area (Å²) in [6, 6.07) is 17.8. The lowest BCUT2D eigenvalue weighted by Gasteiger charge is -2.19. The van der Waals surface area contributed by atoms with E-state index in [2.05, 4.69) is 30.1 Å². The third kappa shape index (κ3) is 10.5. The number of anilines is 4. The highest BCUT2D eigenvalue weighted by atomic mass is 35.5. The minimum atomic E-state index is -4.18. The topological polar surface area (TPSA) is 273 Å². The van der Waals surface area contributed by atoms with Crippen molar-refractivity contribution >= 4 is 62.7 Å². The van der Waals surface area contributed by atoms with E-state index in [0.29, 0.717) is 54.0 Å². The molecular weight excluding hydrogens is 850 g/mol. The molecular formula is C38H43ClN12O8P2. The zero-order chi connectivity index (χ0) is 42.6. The van der Waals surface area contributed by atoms with Crippen molar-refractivity contribution in [2.24, 2.45) is 0 Å². The molecule has 320 valence electrons. The van der Waals surface area contributed by atoms with Crippen LogP contribution in [0.4, 0.5) is 23.3 Å². The van der Waals surface area contributed by atoms with Gasteiger partial charge in [0.2, 0.25) is 11.8 Å². The molecule has 2 aromatic carbocycles. The number of amides is 2. The van der Waals surface area contributed by atoms with Crippen molar-refractivity contribution in [1.29, 1.82) is 0 Å². The fourth-order valence-corrected chi connectivity index (χ4v) is 9.14. The molecule has 6 N–H and O–H groups in total. The zero-order valence-corrected chi connectivity index (χ0v) is 35.6. The first kappa shape index (κ1) is 44.7. The lowest BCUT2D eigenvalue weighted by atomic mass is 10.1. The molecule has 4 aromatic heterocycles. The average molecular weight is 893 g/mol. The average Bonchev–Trinajstić information content (AvgIpc) is 4.02. The van der Waals surface area contributed by atoms with Gasteiger partial charge in [-0.15, -0.1) is 12.4 Å². The summed E-state index contributed by atoms with van der Waals surface area (Å²) < 4.78 is 37.9. The first-order chi connectivity index (χ1) is 28.7. The minimum Gasteiger partial charge on any atom is -0.383 e. The van der Waals surface area contributed by atoms with Crippen LogP contribution in [0.3, 0.4) is 0 Å². The highest BCUT2D eigenvalue weighted by Gasteiger charge is 2.34. The maximum atomic E-state index is 12.9. The van der Waals surface area contributed by atoms with E-state index in [4.69, 9.17) is 20.5 Å². The van der Waals surface area contributed by atoms with Gasteiger partial charge in [0.15, 0.2) is 0 Å². The Kier molecular flexibility index (Phi) is 13.8. The molecule has 2 aliphatic heterocycles. The number of benzene rings is 2. The van der Waals surface area contributed by atoms with Gasteiger partial charge in [-0.05, 0) is 48.2 Å². The van der Waals surface area contributed by atoms with Crippen molar-refractivity contribution in [2.45, 2.75) is 52.1 Å². The van der Waals surface area contributed by atoms with Crippen LogP contribution in [-0.4, -0.2) is 74.3 Å². The fraction of sp³-hybridized carbons (Fsp3) is 0.263. The summed E-state index contributed by atoms with van der Waals surface area (Å²) in [6.45, 7) is 4.66. The predicted molar refractivity (Wildman–Crippen MR) is 227 cm³/mol. The fourth-order valence-electron chi connectivity index (χ4n) is 6.78. The monoisotopic (exact) mass is 892 g/mol. The maximum Gasteiger partial charge on any atom is 0.335 e. The number of nitrogens with zero attached hydrogens (tertiary/aromatic N) is 10. The molecule has 8 rings (SSSR count). The summed E-state index contributed by atoms with van der Waals surface area (Å²) in [5.74, 6) is 1.66. The van der Waals surface area contributed by atoms with Crippen LogP contribution in [0.25, 0.3) is 11.9 Å². The predicted octanol–water partition coefficient (Wildman–Crippen LogP) is 4.53. The molecule has 0 spiro atoms. The smallest absolute Gasteiger partial charge is 0.335 e. The van der Waals surface area contributed by atoms with Crippen molar-refractivity contribution in [1.82, 2.24) is 39.5 Å². The molecule has 20 nitrogen and oxygen atoms in total. The van der Waals surface area contributed by atoms with Gasteiger partial charge < -0.3 is 30.3 Å². The molecule has 0 saturated heterocycles. The molecule has 0 atom stereocenters. The summed E-state index contributed by atoms with van der Waals surface area (Å²) >= 11 is 0. The van der Waals surface area contributed by atoms with E-state index in [1.165, 1.54) is 14.3 Å². The van der Waals surface area contributed by atoms with Crippen molar-refractivity contribution < 1.29 is 37.6 Å². The largest absolute Gasteiger partial charge is 0.383 e. The number of fused-ring (bicyclic) bond motifs is 2. The van der Waals surface area contributed by atoms with E-state index in [-0.39, 0.29) is 73.5 Å². The molecule has 2 amide bonds. The van der Waals surface area contributed by atoms with Crippen molar-refractivity contribution in [3.63, 3.8) is 0 Å². The van der Waals surface area contributed by atoms with Crippen LogP contribution in [0, 0.1) is 0 Å². The summed E-state index contributed by atoms with van der Waals surface area (Å²) in [5, 5.41) is 8.22. The Morgan fingerprint density at radius 1 is 0.656 bits per heavy atom. The molecule has 0 unspecified atom stereocenters. The molecule has 0 bridgehead atoms. The standard InChI is InChI=1S/C21H25N6O4P.C17H17N6O4P.ClH/c1-3-30-32(29,31-4-2)14-16-8-5-7-15(11-16)13-26-18(28)12-17-19(22)24-21(25-20(17)26)27-10-6-9-23-27;18-15-13-8-14(24)22(16(13)21-17(20-15)23-6-2-5-19-23)9-11-3-1-4-12(7-11)10-28(25,26)27;/h5-11H,3-4,12-14H2,1-2H3,(H2,22,24,25);1-7H,8-10H2,(H2,18,20,21)(H2,25,26,27);1H. The van der Waals surface area contributed by atoms with Crippen LogP contribution in [0.2, 0.25) is 0 Å². The van der Waals surface area contributed by atoms with Crippen LogP contribution in [0.1, 0.15) is 47.2 Å². The summed E-state index contributed by atoms with van der Waals surface area (Å²) in [5.41, 5.74) is 16.2. The summed E-state index contributed by atoms with van der Waals surface area (Å²) in [6.07, 6.45) is 6.63. The van der Waals surface area contributed by atoms with E-state index >= 15 is 0 Å². The second-order valence-electron chi connectivity index (χ2n) is 13.7. The Hall–Kier alpha value is -5.85. The normalized spacial score (nSPS) is 13.4. The van der Waals surface area contributed by atoms with E-state index in [0.717, 1.165) is 16.7 Å². The van der Waals surface area contributed by atoms with E-state index in [1.54, 1.807) is 79.9 Å². The number of hydrogen-bond acceptors (Lipinski definition) is 14. The molecule has 6 heterocycles. The van der Waals surface area contributed by atoms with Crippen LogP contribution in [0.5, 0.6) is 0 Å². The Morgan fingerprint density at radius 2 is 1.08 bits per heavy atom. The molecule has 61 heavy (non-hydrogen) atoms. The van der Waals surface area contributed by atoms with Gasteiger partial charge in [-0.2, -0.15) is 30.1 Å². The van der Waals surface area contributed by atoms with Crippen LogP contribution in [0.15, 0.2) is 85.5 Å². The third-order valence-electron chi connectivity index (χ3n) is 9.28. The highest BCUT2D eigenvalue weighted by molar-refractivity contribution is 7.53. The van der Waals surface area contributed by atoms with Gasteiger partial charge in [0.25, 0.3) is 11.9 Å². The lowest BCUT2D eigenvalue weighted by molar-refractivity contribution is -0.118. The van der Waals surface area contributed by atoms with Crippen molar-refractivity contribution in [2.75, 3.05) is 34.5 Å². The number of halogens is 1. The van der Waals surface area contributed by atoms with Gasteiger partial charge in [-0.1, -0.05) is 48.5 Å². The SMILES string of the molecule is CCOP(=O)(Cc1cccc(CN2C(=O)Cc3c(N)nc(-n4cccn4)nc32)c1)OCC.Cl.Nc1nc(-n2cccn2)nc2c1CC(=O)N2Cc1cccc(CP(=O)(O)O)c1. The van der Waals surface area contributed by atoms with E-state index < -0.39 is 15.2 Å². The van der Waals surface area contributed by atoms with Crippen LogP contribution in [-0.2, 0) is 66.0 Å². The number of nitrogens with two attached hydrogens (primary N) is 2. The quantitative estimate of drug-likeness (QED) is 0.109. The summed E-state index contributed by atoms with van der Waals surface area (Å²) in [7, 11) is -7.41. The number of aromatic nitrogens is 8. The molecule has 0 aliphatic carbocycles. The van der Waals surface area contributed by atoms with Gasteiger partial charge in [-0.3, -0.25) is 28.5 Å². The van der Waals surface area contributed by atoms with Crippen LogP contribution < -0.4 is 21.3 Å². The van der Waals surface area contributed by atoms with E-state index in [9.17, 15) is 28.5 Å². The molecule has 0 saturated carbocycles. The second-order valence-corrected chi connectivity index (χ2v) is 17.4. The summed E-state index contributed by atoms with van der Waals surface area (Å²) in [4.78, 5) is 64.3. The Labute approximate surface area is 356 Å². The molecule has 0 fully saturated rings. The molecule has 6 aromatic rings. The number of carbonyl (C=O) groups excluding carboxylic acids is 2. The Balaban J connectivity index is 0.000000202. The first-order valence-corrected chi connectivity index (χ1v) is 22.3. The zero-order valence-electron chi connectivity index (χ0n) is 33.0. The Morgan fingerprint density at radius 3 is 1.48 bits per heavy atom. The second kappa shape index (κ2) is 18.8. The minimum absolute atomic E-state index is 0. The lowest BCUT2D eigenvalue weighted by Crippen LogP contribution is -2.27. The molecule has 2 aliphatic rings. The number of carbonyl (C=O) groups is 2. The highest BCUT2D eigenvalue weighted by Crippen LogP contribution is 2.51. The molecule has 0 radical (unpaired) electrons. The van der Waals surface area contributed by atoms with Crippen molar-refractivity contribution in [3.05, 3.63) is 119 Å². The van der Waals surface area contributed by atoms with Gasteiger partial charge in [-0.25, -0.2) is 9.36 Å². The molecule has 23 heteroatoms. The Bertz CT molecular complexity index is 2620. The number of nitrogen functional groups attached to an aromatic ring is 2. The van der Waals surface area contributed by atoms with Crippen LogP contribution >= 0.6 is 27.6 Å². The van der Waals surface area contributed by atoms with Gasteiger partial charge in [0.1, 0.15) is 23.3 Å². The maximum absolute atomic E-state index is 12.9. The van der Waals surface area contributed by atoms with Gasteiger partial charge in [0, 0.05) is 35.9 Å².